The number of hydrogen-bond donors (Lipinski definition) is 1. The summed E-state index contributed by atoms with van der Waals surface area (Å²) in [5, 5.41) is 5.26. The van der Waals surface area contributed by atoms with Crippen molar-refractivity contribution < 1.29 is 0 Å². The van der Waals surface area contributed by atoms with Gasteiger partial charge in [0.1, 0.15) is 0 Å². The Labute approximate surface area is 134 Å². The van der Waals surface area contributed by atoms with Crippen molar-refractivity contribution in [2.45, 2.75) is 19.9 Å². The van der Waals surface area contributed by atoms with Crippen molar-refractivity contribution in [3.63, 3.8) is 0 Å². The average Bonchev–Trinajstić information content (AvgIpc) is 2.44. The van der Waals surface area contributed by atoms with Gasteiger partial charge in [-0.2, -0.15) is 0 Å². The van der Waals surface area contributed by atoms with Crippen molar-refractivity contribution in [1.29, 1.82) is 0 Å². The van der Waals surface area contributed by atoms with Gasteiger partial charge in [-0.25, -0.2) is 0 Å². The number of nitrogens with one attached hydrogen (secondary N) is 1. The Morgan fingerprint density at radius 1 is 0.850 bits per heavy atom. The highest BCUT2D eigenvalue weighted by Crippen LogP contribution is 2.30. The highest BCUT2D eigenvalue weighted by atomic mass is 35.5. The highest BCUT2D eigenvalue weighted by Gasteiger charge is 2.06. The SMILES string of the molecule is CCCNCc1cc(-c2ccc(Cl)c(Cl)c2)ccc1Cl. The van der Waals surface area contributed by atoms with Crippen LogP contribution in [0.3, 0.4) is 0 Å². The van der Waals surface area contributed by atoms with Crippen molar-refractivity contribution in [2.24, 2.45) is 0 Å². The molecule has 2 aromatic rings. The molecule has 1 N–H and O–H groups in total. The maximum Gasteiger partial charge on any atom is 0.0598 e. The molecule has 0 unspecified atom stereocenters. The third-order valence-corrected chi connectivity index (χ3v) is 4.15. The Hall–Kier alpha value is -0.730. The predicted octanol–water partition coefficient (Wildman–Crippen LogP) is 5.81. The number of rotatable bonds is 5. The Morgan fingerprint density at radius 3 is 2.15 bits per heavy atom. The summed E-state index contributed by atoms with van der Waals surface area (Å²) < 4.78 is 0. The van der Waals surface area contributed by atoms with Crippen LogP contribution in [-0.2, 0) is 6.54 Å². The molecule has 0 amide bonds. The normalized spacial score (nSPS) is 10.8. The van der Waals surface area contributed by atoms with Gasteiger partial charge < -0.3 is 5.32 Å². The molecule has 0 aliphatic rings. The largest absolute Gasteiger partial charge is 0.313 e. The zero-order valence-electron chi connectivity index (χ0n) is 11.2. The molecule has 0 saturated carbocycles. The van der Waals surface area contributed by atoms with Crippen LogP contribution in [0.5, 0.6) is 0 Å². The first kappa shape index (κ1) is 15.7. The Kier molecular flexibility index (Phi) is 5.74. The second-order valence-electron chi connectivity index (χ2n) is 4.61. The van der Waals surface area contributed by atoms with E-state index in [-0.39, 0.29) is 0 Å². The molecule has 0 saturated heterocycles. The molecule has 2 rings (SSSR count). The second kappa shape index (κ2) is 7.33. The average molecular weight is 329 g/mol. The number of benzene rings is 2. The van der Waals surface area contributed by atoms with Crippen molar-refractivity contribution in [3.8, 4) is 11.1 Å². The van der Waals surface area contributed by atoms with Gasteiger partial charge in [0.15, 0.2) is 0 Å². The molecular formula is C16H16Cl3N. The van der Waals surface area contributed by atoms with E-state index in [4.69, 9.17) is 34.8 Å². The van der Waals surface area contributed by atoms with Gasteiger partial charge in [0.25, 0.3) is 0 Å². The van der Waals surface area contributed by atoms with Crippen LogP contribution in [0.25, 0.3) is 11.1 Å². The van der Waals surface area contributed by atoms with Crippen molar-refractivity contribution in [1.82, 2.24) is 5.32 Å². The zero-order valence-corrected chi connectivity index (χ0v) is 13.5. The summed E-state index contributed by atoms with van der Waals surface area (Å²) in [6.07, 6.45) is 1.10. The van der Waals surface area contributed by atoms with Crippen LogP contribution in [-0.4, -0.2) is 6.54 Å². The van der Waals surface area contributed by atoms with E-state index in [1.807, 2.05) is 30.3 Å². The lowest BCUT2D eigenvalue weighted by molar-refractivity contribution is 0.676. The van der Waals surface area contributed by atoms with E-state index in [1.54, 1.807) is 0 Å². The minimum Gasteiger partial charge on any atom is -0.313 e. The van der Waals surface area contributed by atoms with Crippen LogP contribution >= 0.6 is 34.8 Å². The molecule has 0 aliphatic heterocycles. The lowest BCUT2D eigenvalue weighted by Gasteiger charge is -2.09. The lowest BCUT2D eigenvalue weighted by Crippen LogP contribution is -2.14. The van der Waals surface area contributed by atoms with E-state index < -0.39 is 0 Å². The van der Waals surface area contributed by atoms with Gasteiger partial charge >= 0.3 is 0 Å². The summed E-state index contributed by atoms with van der Waals surface area (Å²) in [5.41, 5.74) is 3.21. The molecule has 0 heterocycles. The highest BCUT2D eigenvalue weighted by molar-refractivity contribution is 6.42. The van der Waals surface area contributed by atoms with Gasteiger partial charge in [-0.1, -0.05) is 53.9 Å². The predicted molar refractivity (Wildman–Crippen MR) is 88.9 cm³/mol. The summed E-state index contributed by atoms with van der Waals surface area (Å²) >= 11 is 18.2. The first-order valence-electron chi connectivity index (χ1n) is 6.56. The van der Waals surface area contributed by atoms with E-state index in [0.29, 0.717) is 10.0 Å². The molecule has 1 nitrogen and oxygen atoms in total. The Bertz CT molecular complexity index is 596. The van der Waals surface area contributed by atoms with Crippen LogP contribution in [0.2, 0.25) is 15.1 Å². The molecule has 2 aromatic carbocycles. The van der Waals surface area contributed by atoms with E-state index in [0.717, 1.165) is 41.2 Å². The van der Waals surface area contributed by atoms with Crippen molar-refractivity contribution in [2.75, 3.05) is 6.54 Å². The zero-order chi connectivity index (χ0) is 14.5. The molecule has 0 aromatic heterocycles. The monoisotopic (exact) mass is 327 g/mol. The van der Waals surface area contributed by atoms with Crippen molar-refractivity contribution >= 4 is 34.8 Å². The van der Waals surface area contributed by atoms with Gasteiger partial charge in [-0.05, 0) is 53.9 Å². The molecule has 0 bridgehead atoms. The van der Waals surface area contributed by atoms with Crippen LogP contribution in [0.1, 0.15) is 18.9 Å². The molecule has 0 atom stereocenters. The fourth-order valence-corrected chi connectivity index (χ4v) is 2.45. The molecular weight excluding hydrogens is 313 g/mol. The molecule has 20 heavy (non-hydrogen) atoms. The van der Waals surface area contributed by atoms with Crippen LogP contribution in [0, 0.1) is 0 Å². The summed E-state index contributed by atoms with van der Waals surface area (Å²) in [6.45, 7) is 3.88. The van der Waals surface area contributed by atoms with Crippen LogP contribution < -0.4 is 5.32 Å². The van der Waals surface area contributed by atoms with Gasteiger partial charge in [-0.3, -0.25) is 0 Å². The smallest absolute Gasteiger partial charge is 0.0598 e. The minimum atomic E-state index is 0.560. The Morgan fingerprint density at radius 2 is 1.50 bits per heavy atom. The number of halogens is 3. The first-order chi connectivity index (χ1) is 9.61. The van der Waals surface area contributed by atoms with Crippen molar-refractivity contribution in [3.05, 3.63) is 57.0 Å². The van der Waals surface area contributed by atoms with Crippen LogP contribution in [0.4, 0.5) is 0 Å². The number of hydrogen-bond acceptors (Lipinski definition) is 1. The van der Waals surface area contributed by atoms with E-state index in [1.165, 1.54) is 0 Å². The third-order valence-electron chi connectivity index (χ3n) is 3.04. The topological polar surface area (TPSA) is 12.0 Å². The molecule has 106 valence electrons. The second-order valence-corrected chi connectivity index (χ2v) is 5.83. The minimum absolute atomic E-state index is 0.560. The molecule has 0 fully saturated rings. The fourth-order valence-electron chi connectivity index (χ4n) is 1.97. The lowest BCUT2D eigenvalue weighted by atomic mass is 10.0. The molecule has 0 spiro atoms. The van der Waals surface area contributed by atoms with Gasteiger partial charge in [0, 0.05) is 11.6 Å². The summed E-state index contributed by atoms with van der Waals surface area (Å²) in [7, 11) is 0. The van der Waals surface area contributed by atoms with Crippen LogP contribution in [0.15, 0.2) is 36.4 Å². The fraction of sp³-hybridized carbons (Fsp3) is 0.250. The van der Waals surface area contributed by atoms with E-state index in [9.17, 15) is 0 Å². The quantitative estimate of drug-likeness (QED) is 0.683. The summed E-state index contributed by atoms with van der Waals surface area (Å²) in [4.78, 5) is 0. The summed E-state index contributed by atoms with van der Waals surface area (Å²) in [6, 6.07) is 11.6. The first-order valence-corrected chi connectivity index (χ1v) is 7.69. The van der Waals surface area contributed by atoms with E-state index >= 15 is 0 Å². The standard InChI is InChI=1S/C16H16Cl3N/c1-2-7-20-10-13-8-11(3-5-14(13)17)12-4-6-15(18)16(19)9-12/h3-6,8-9,20H,2,7,10H2,1H3. The van der Waals surface area contributed by atoms with E-state index in [2.05, 4.69) is 18.3 Å². The van der Waals surface area contributed by atoms with Gasteiger partial charge in [0.2, 0.25) is 0 Å². The third kappa shape index (κ3) is 3.89. The Balaban J connectivity index is 2.27. The molecule has 4 heteroatoms. The maximum atomic E-state index is 6.23. The molecule has 0 radical (unpaired) electrons. The van der Waals surface area contributed by atoms with Gasteiger partial charge in [-0.15, -0.1) is 0 Å². The summed E-state index contributed by atoms with van der Waals surface area (Å²) in [5.74, 6) is 0. The van der Waals surface area contributed by atoms with Gasteiger partial charge in [0.05, 0.1) is 10.0 Å². The molecule has 0 aliphatic carbocycles. The maximum absolute atomic E-state index is 6.23.